The lowest BCUT2D eigenvalue weighted by atomic mass is 9.78. The molecule has 1 fully saturated rings. The largest absolute Gasteiger partial charge is 0.616 e. The topological polar surface area (TPSA) is 124 Å². The Labute approximate surface area is 177 Å². The van der Waals surface area contributed by atoms with Crippen LogP contribution < -0.4 is 0 Å². The highest BCUT2D eigenvalue weighted by Crippen LogP contribution is 2.33. The van der Waals surface area contributed by atoms with Crippen molar-refractivity contribution in [1.82, 2.24) is 0 Å². The van der Waals surface area contributed by atoms with Gasteiger partial charge >= 0.3 is 6.18 Å². The number of aliphatic hydroxyl groups excluding tert-OH is 2. The fraction of sp³-hybridized carbons (Fsp3) is 0.500. The molecule has 0 spiro atoms. The molecule has 2 aliphatic carbocycles. The van der Waals surface area contributed by atoms with Crippen LogP contribution >= 0.6 is 11.6 Å². The zero-order chi connectivity index (χ0) is 22.8. The smallest absolute Gasteiger partial charge is 0.411 e. The van der Waals surface area contributed by atoms with E-state index in [1.165, 1.54) is 18.4 Å². The summed E-state index contributed by atoms with van der Waals surface area (Å²) in [4.78, 5) is 37.3. The Morgan fingerprint density at radius 2 is 1.87 bits per heavy atom. The Hall–Kier alpha value is -1.50. The van der Waals surface area contributed by atoms with Crippen LogP contribution in [0.25, 0.3) is 0 Å². The molecule has 2 N–H and O–H groups in total. The fourth-order valence-corrected chi connectivity index (χ4v) is 4.34. The third-order valence-electron chi connectivity index (χ3n) is 4.49. The van der Waals surface area contributed by atoms with Crippen molar-refractivity contribution >= 4 is 40.1 Å². The van der Waals surface area contributed by atoms with Crippen molar-refractivity contribution in [2.75, 3.05) is 19.5 Å². The molecular formula is C18H18ClF3O7S. The number of carbonyl (C=O) groups excluding carboxylic acids is 3. The molecule has 0 aromatic carbocycles. The van der Waals surface area contributed by atoms with Crippen LogP contribution in [0.15, 0.2) is 34.4 Å². The van der Waals surface area contributed by atoms with Crippen LogP contribution in [0.3, 0.4) is 0 Å². The number of carbonyl (C=O) groups is 3. The molecule has 0 radical (unpaired) electrons. The molecule has 0 saturated heterocycles. The SMILES string of the molecule is C[S+]([O-])C1C=CC=C(C(=O)C2C(=O)C(O)CC(O)C2=O)C(Cl)=C1COCC(F)(F)F. The minimum Gasteiger partial charge on any atom is -0.616 e. The van der Waals surface area contributed by atoms with Gasteiger partial charge in [0.25, 0.3) is 0 Å². The molecule has 0 aromatic rings. The van der Waals surface area contributed by atoms with Crippen molar-refractivity contribution in [3.8, 4) is 0 Å². The average molecular weight is 471 g/mol. The highest BCUT2D eigenvalue weighted by atomic mass is 35.5. The minimum atomic E-state index is -4.63. The van der Waals surface area contributed by atoms with E-state index in [4.69, 9.17) is 11.6 Å². The lowest BCUT2D eigenvalue weighted by Gasteiger charge is -2.27. The first-order valence-electron chi connectivity index (χ1n) is 8.57. The summed E-state index contributed by atoms with van der Waals surface area (Å²) in [6.45, 7) is -2.33. The number of hydrogen-bond acceptors (Lipinski definition) is 7. The van der Waals surface area contributed by atoms with Gasteiger partial charge in [0.15, 0.2) is 22.6 Å². The first-order chi connectivity index (χ1) is 13.8. The monoisotopic (exact) mass is 470 g/mol. The van der Waals surface area contributed by atoms with Crippen molar-refractivity contribution < 1.29 is 47.1 Å². The number of Topliss-reactive ketones (excluding diaryl/α,β-unsaturated/α-hetero) is 3. The number of allylic oxidation sites excluding steroid dienone is 4. The molecular weight excluding hydrogens is 453 g/mol. The second kappa shape index (κ2) is 9.75. The maximum absolute atomic E-state index is 12.9. The summed E-state index contributed by atoms with van der Waals surface area (Å²) in [6, 6.07) is 0. The molecule has 0 aliphatic heterocycles. The Morgan fingerprint density at radius 3 is 2.37 bits per heavy atom. The molecule has 0 amide bonds. The van der Waals surface area contributed by atoms with Gasteiger partial charge in [0, 0.05) is 17.6 Å². The Bertz CT molecular complexity index is 799. The van der Waals surface area contributed by atoms with E-state index in [1.54, 1.807) is 0 Å². The average Bonchev–Trinajstić information content (AvgIpc) is 2.78. The van der Waals surface area contributed by atoms with E-state index in [2.05, 4.69) is 4.74 Å². The van der Waals surface area contributed by atoms with Crippen LogP contribution in [-0.4, -0.2) is 75.2 Å². The van der Waals surface area contributed by atoms with E-state index < -0.39 is 88.3 Å². The molecule has 12 heteroatoms. The normalized spacial score (nSPS) is 29.0. The highest BCUT2D eigenvalue weighted by Gasteiger charge is 2.47. The van der Waals surface area contributed by atoms with Gasteiger partial charge in [0.1, 0.15) is 24.7 Å². The molecule has 166 valence electrons. The van der Waals surface area contributed by atoms with Crippen LogP contribution in [0, 0.1) is 5.92 Å². The fourth-order valence-electron chi connectivity index (χ4n) is 3.05. The molecule has 2 rings (SSSR count). The number of ketones is 3. The van der Waals surface area contributed by atoms with E-state index in [0.717, 1.165) is 6.08 Å². The lowest BCUT2D eigenvalue weighted by Crippen LogP contribution is -2.50. The summed E-state index contributed by atoms with van der Waals surface area (Å²) in [7, 11) is 0. The summed E-state index contributed by atoms with van der Waals surface area (Å²) in [6.07, 6.45) is -3.65. The van der Waals surface area contributed by atoms with Crippen molar-refractivity contribution in [3.63, 3.8) is 0 Å². The molecule has 4 atom stereocenters. The van der Waals surface area contributed by atoms with Crippen molar-refractivity contribution in [2.45, 2.75) is 30.1 Å². The third-order valence-corrected chi connectivity index (χ3v) is 6.09. The molecule has 7 nitrogen and oxygen atoms in total. The highest BCUT2D eigenvalue weighted by molar-refractivity contribution is 7.91. The molecule has 4 unspecified atom stereocenters. The Morgan fingerprint density at radius 1 is 1.30 bits per heavy atom. The van der Waals surface area contributed by atoms with Crippen LogP contribution in [0.2, 0.25) is 0 Å². The number of alkyl halides is 3. The lowest BCUT2D eigenvalue weighted by molar-refractivity contribution is -0.171. The van der Waals surface area contributed by atoms with E-state index in [-0.39, 0.29) is 5.57 Å². The molecule has 0 heterocycles. The van der Waals surface area contributed by atoms with Crippen LogP contribution in [0.5, 0.6) is 0 Å². The Balaban J connectivity index is 2.41. The van der Waals surface area contributed by atoms with E-state index in [1.807, 2.05) is 0 Å². The summed E-state index contributed by atoms with van der Waals surface area (Å²) in [5.41, 5.74) is -0.508. The first-order valence-corrected chi connectivity index (χ1v) is 10.6. The molecule has 30 heavy (non-hydrogen) atoms. The quantitative estimate of drug-likeness (QED) is 0.433. The number of rotatable bonds is 6. The number of ether oxygens (including phenoxy) is 1. The van der Waals surface area contributed by atoms with Gasteiger partial charge in [-0.25, -0.2) is 0 Å². The van der Waals surface area contributed by atoms with Gasteiger partial charge in [-0.2, -0.15) is 13.2 Å². The van der Waals surface area contributed by atoms with Gasteiger partial charge < -0.3 is 19.5 Å². The maximum Gasteiger partial charge on any atom is 0.411 e. The van der Waals surface area contributed by atoms with Gasteiger partial charge in [0.2, 0.25) is 0 Å². The summed E-state index contributed by atoms with van der Waals surface area (Å²) >= 11 is 4.59. The van der Waals surface area contributed by atoms with Crippen molar-refractivity contribution in [3.05, 3.63) is 34.4 Å². The second-order valence-electron chi connectivity index (χ2n) is 6.70. The maximum atomic E-state index is 12.9. The summed E-state index contributed by atoms with van der Waals surface area (Å²) in [5, 5.41) is 18.0. The Kier molecular flexibility index (Phi) is 8.05. The zero-order valence-corrected chi connectivity index (χ0v) is 17.1. The zero-order valence-electron chi connectivity index (χ0n) is 15.5. The predicted octanol–water partition coefficient (Wildman–Crippen LogP) is 0.750. The summed E-state index contributed by atoms with van der Waals surface area (Å²) in [5.74, 6) is -5.37. The van der Waals surface area contributed by atoms with Gasteiger partial charge in [-0.05, 0) is 23.3 Å². The van der Waals surface area contributed by atoms with E-state index in [9.17, 15) is 42.3 Å². The predicted molar refractivity (Wildman–Crippen MR) is 100.0 cm³/mol. The second-order valence-corrected chi connectivity index (χ2v) is 8.58. The van der Waals surface area contributed by atoms with Crippen LogP contribution in [-0.2, 0) is 30.3 Å². The molecule has 1 saturated carbocycles. The molecule has 0 aromatic heterocycles. The summed E-state index contributed by atoms with van der Waals surface area (Å²) < 4.78 is 53.9. The molecule has 2 aliphatic rings. The van der Waals surface area contributed by atoms with E-state index >= 15 is 0 Å². The van der Waals surface area contributed by atoms with Crippen LogP contribution in [0.4, 0.5) is 13.2 Å². The van der Waals surface area contributed by atoms with Gasteiger partial charge in [-0.3, -0.25) is 14.4 Å². The minimum absolute atomic E-state index is 0.105. The first kappa shape index (κ1) is 24.8. The standard InChI is InChI=1S/C18H18ClF3O7S/c1-30(28)12-4-2-3-8(14(19)9(12)6-29-7-18(20,21)22)15(25)13-16(26)10(23)5-11(24)17(13)27/h2-4,10-13,23-24H,5-7H2,1H3. The number of hydrogen-bond donors (Lipinski definition) is 2. The number of halogens is 4. The van der Waals surface area contributed by atoms with E-state index in [0.29, 0.717) is 0 Å². The van der Waals surface area contributed by atoms with Gasteiger partial charge in [-0.1, -0.05) is 17.7 Å². The van der Waals surface area contributed by atoms with Gasteiger partial charge in [-0.15, -0.1) is 0 Å². The molecule has 0 bridgehead atoms. The number of aliphatic hydroxyl groups is 2. The van der Waals surface area contributed by atoms with Crippen molar-refractivity contribution in [1.29, 1.82) is 0 Å². The third kappa shape index (κ3) is 5.59. The van der Waals surface area contributed by atoms with Crippen LogP contribution in [0.1, 0.15) is 6.42 Å². The van der Waals surface area contributed by atoms with Crippen molar-refractivity contribution in [2.24, 2.45) is 5.92 Å². The van der Waals surface area contributed by atoms with Gasteiger partial charge in [0.05, 0.1) is 17.9 Å².